The van der Waals surface area contributed by atoms with Gasteiger partial charge in [0.2, 0.25) is 0 Å². The summed E-state index contributed by atoms with van der Waals surface area (Å²) >= 11 is 0. The molecule has 0 atom stereocenters. The second-order valence-corrected chi connectivity index (χ2v) is 8.30. The second kappa shape index (κ2) is 13.0. The standard InChI is InChI=1S/C27H29F3O2.C2H4/c1-17(25(28)16-18(2)32-3)4-5-19-6-8-20(9-7-19)23-14-15-24(27(30)26(23)29)21-10-12-22(31)13-11-21;1-2/h6-9,14-16,21-22,31H,1-2,4-5,10-13H2,3H3;1-2H2/b25-16+;. The minimum absolute atomic E-state index is 0.0621. The van der Waals surface area contributed by atoms with E-state index in [-0.39, 0.29) is 23.3 Å². The quantitative estimate of drug-likeness (QED) is 0.241. The van der Waals surface area contributed by atoms with Crippen LogP contribution in [0.15, 0.2) is 85.9 Å². The molecule has 0 bridgehead atoms. The highest BCUT2D eigenvalue weighted by atomic mass is 19.2. The van der Waals surface area contributed by atoms with Gasteiger partial charge in [-0.25, -0.2) is 13.2 Å². The molecular formula is C29H33F3O2. The molecule has 2 nitrogen and oxygen atoms in total. The number of allylic oxidation sites excluding steroid dienone is 3. The summed E-state index contributed by atoms with van der Waals surface area (Å²) in [6.07, 6.45) is 4.37. The first-order valence-corrected chi connectivity index (χ1v) is 11.3. The Morgan fingerprint density at radius 2 is 1.62 bits per heavy atom. The molecule has 3 rings (SSSR count). The summed E-state index contributed by atoms with van der Waals surface area (Å²) < 4.78 is 48.5. The van der Waals surface area contributed by atoms with E-state index in [2.05, 4.69) is 26.3 Å². The lowest BCUT2D eigenvalue weighted by Crippen LogP contribution is -2.18. The van der Waals surface area contributed by atoms with Gasteiger partial charge in [-0.3, -0.25) is 0 Å². The second-order valence-electron chi connectivity index (χ2n) is 8.30. The Morgan fingerprint density at radius 1 is 1.00 bits per heavy atom. The fraction of sp³-hybridized carbons (Fsp3) is 0.310. The lowest BCUT2D eigenvalue weighted by atomic mass is 9.82. The van der Waals surface area contributed by atoms with Crippen molar-refractivity contribution in [2.75, 3.05) is 7.11 Å². The van der Waals surface area contributed by atoms with Crippen LogP contribution in [0, 0.1) is 11.6 Å². The summed E-state index contributed by atoms with van der Waals surface area (Å²) in [5.74, 6) is -1.97. The van der Waals surface area contributed by atoms with Crippen molar-refractivity contribution in [2.45, 2.75) is 50.5 Å². The first-order valence-electron chi connectivity index (χ1n) is 11.3. The summed E-state index contributed by atoms with van der Waals surface area (Å²) in [5.41, 5.74) is 2.46. The van der Waals surface area contributed by atoms with Crippen molar-refractivity contribution in [1.29, 1.82) is 0 Å². The van der Waals surface area contributed by atoms with E-state index in [0.717, 1.165) is 5.56 Å². The van der Waals surface area contributed by atoms with Gasteiger partial charge in [0.15, 0.2) is 11.6 Å². The van der Waals surface area contributed by atoms with Crippen LogP contribution in [0.5, 0.6) is 0 Å². The van der Waals surface area contributed by atoms with E-state index in [9.17, 15) is 18.3 Å². The number of aliphatic hydroxyl groups is 1. The van der Waals surface area contributed by atoms with E-state index in [0.29, 0.717) is 55.2 Å². The minimum Gasteiger partial charge on any atom is -0.497 e. The largest absolute Gasteiger partial charge is 0.497 e. The highest BCUT2D eigenvalue weighted by Gasteiger charge is 2.25. The molecule has 0 radical (unpaired) electrons. The van der Waals surface area contributed by atoms with Gasteiger partial charge in [0.05, 0.1) is 13.2 Å². The van der Waals surface area contributed by atoms with Gasteiger partial charge in [-0.2, -0.15) is 0 Å². The van der Waals surface area contributed by atoms with Gasteiger partial charge in [0, 0.05) is 11.6 Å². The fourth-order valence-corrected chi connectivity index (χ4v) is 4.06. The lowest BCUT2D eigenvalue weighted by Gasteiger charge is -2.26. The smallest absolute Gasteiger partial charge is 0.166 e. The molecule has 0 aromatic heterocycles. The topological polar surface area (TPSA) is 29.5 Å². The highest BCUT2D eigenvalue weighted by molar-refractivity contribution is 5.65. The van der Waals surface area contributed by atoms with Gasteiger partial charge >= 0.3 is 0 Å². The molecule has 0 saturated heterocycles. The Labute approximate surface area is 200 Å². The molecule has 34 heavy (non-hydrogen) atoms. The van der Waals surface area contributed by atoms with E-state index in [1.54, 1.807) is 24.3 Å². The van der Waals surface area contributed by atoms with Gasteiger partial charge in [-0.15, -0.1) is 13.2 Å². The van der Waals surface area contributed by atoms with Crippen LogP contribution < -0.4 is 0 Å². The third-order valence-corrected chi connectivity index (χ3v) is 6.12. The van der Waals surface area contributed by atoms with E-state index < -0.39 is 17.5 Å². The molecular weight excluding hydrogens is 437 g/mol. The Kier molecular flexibility index (Phi) is 10.4. The van der Waals surface area contributed by atoms with Crippen LogP contribution >= 0.6 is 0 Å². The summed E-state index contributed by atoms with van der Waals surface area (Å²) in [6, 6.07) is 10.4. The van der Waals surface area contributed by atoms with Crippen LogP contribution in [0.2, 0.25) is 0 Å². The summed E-state index contributed by atoms with van der Waals surface area (Å²) in [4.78, 5) is 0. The van der Waals surface area contributed by atoms with Gasteiger partial charge in [0.1, 0.15) is 11.6 Å². The third kappa shape index (κ3) is 6.97. The normalized spacial score (nSPS) is 18.0. The van der Waals surface area contributed by atoms with Crippen molar-refractivity contribution < 1.29 is 23.0 Å². The van der Waals surface area contributed by atoms with Gasteiger partial charge in [-0.05, 0) is 66.7 Å². The van der Waals surface area contributed by atoms with Crippen LogP contribution in [0.25, 0.3) is 11.1 Å². The fourth-order valence-electron chi connectivity index (χ4n) is 4.06. The zero-order valence-electron chi connectivity index (χ0n) is 19.8. The number of hydrogen-bond donors (Lipinski definition) is 1. The van der Waals surface area contributed by atoms with Crippen molar-refractivity contribution in [3.8, 4) is 11.1 Å². The molecule has 182 valence electrons. The van der Waals surface area contributed by atoms with Crippen molar-refractivity contribution in [3.05, 3.63) is 109 Å². The molecule has 2 aromatic carbocycles. The highest BCUT2D eigenvalue weighted by Crippen LogP contribution is 2.37. The average Bonchev–Trinajstić information content (AvgIpc) is 2.86. The van der Waals surface area contributed by atoms with Gasteiger partial charge in [0.25, 0.3) is 0 Å². The SMILES string of the molecule is C=C.C=C(/C=C(/F)C(=C)CCc1ccc(-c2ccc(C3CCC(O)CC3)c(F)c2F)cc1)OC. The van der Waals surface area contributed by atoms with Crippen LogP contribution in [0.3, 0.4) is 0 Å². The number of aryl methyl sites for hydroxylation is 1. The van der Waals surface area contributed by atoms with Gasteiger partial charge < -0.3 is 9.84 Å². The summed E-state index contributed by atoms with van der Waals surface area (Å²) in [6.45, 7) is 13.3. The predicted octanol–water partition coefficient (Wildman–Crippen LogP) is 7.95. The molecule has 1 fully saturated rings. The molecule has 0 aliphatic heterocycles. The molecule has 0 amide bonds. The number of benzene rings is 2. The molecule has 5 heteroatoms. The lowest BCUT2D eigenvalue weighted by molar-refractivity contribution is 0.122. The minimum atomic E-state index is -0.847. The maximum atomic E-state index is 14.9. The number of aliphatic hydroxyl groups excluding tert-OH is 1. The van der Waals surface area contributed by atoms with Crippen LogP contribution in [-0.2, 0) is 11.2 Å². The van der Waals surface area contributed by atoms with Crippen molar-refractivity contribution in [3.63, 3.8) is 0 Å². The maximum Gasteiger partial charge on any atom is 0.166 e. The van der Waals surface area contributed by atoms with Crippen molar-refractivity contribution >= 4 is 0 Å². The van der Waals surface area contributed by atoms with Crippen molar-refractivity contribution in [2.24, 2.45) is 0 Å². The number of rotatable bonds is 8. The Hall–Kier alpha value is -3.05. The molecule has 1 saturated carbocycles. The van der Waals surface area contributed by atoms with Crippen LogP contribution in [0.1, 0.15) is 49.1 Å². The van der Waals surface area contributed by atoms with E-state index in [4.69, 9.17) is 4.74 Å². The maximum absolute atomic E-state index is 14.9. The monoisotopic (exact) mass is 470 g/mol. The Bertz CT molecular complexity index is 1020. The van der Waals surface area contributed by atoms with E-state index >= 15 is 0 Å². The Morgan fingerprint density at radius 3 is 2.21 bits per heavy atom. The van der Waals surface area contributed by atoms with Crippen LogP contribution in [0.4, 0.5) is 13.2 Å². The molecule has 0 unspecified atom stereocenters. The average molecular weight is 471 g/mol. The van der Waals surface area contributed by atoms with E-state index in [1.807, 2.05) is 12.1 Å². The summed E-state index contributed by atoms with van der Waals surface area (Å²) in [7, 11) is 1.42. The third-order valence-electron chi connectivity index (χ3n) is 6.12. The zero-order chi connectivity index (χ0) is 25.3. The van der Waals surface area contributed by atoms with Gasteiger partial charge in [-0.1, -0.05) is 49.6 Å². The summed E-state index contributed by atoms with van der Waals surface area (Å²) in [5, 5.41) is 9.65. The van der Waals surface area contributed by atoms with E-state index in [1.165, 1.54) is 13.2 Å². The number of halogens is 3. The Balaban J connectivity index is 0.00000199. The molecule has 0 spiro atoms. The van der Waals surface area contributed by atoms with Crippen LogP contribution in [-0.4, -0.2) is 18.3 Å². The zero-order valence-corrected chi connectivity index (χ0v) is 19.8. The predicted molar refractivity (Wildman–Crippen MR) is 133 cm³/mol. The van der Waals surface area contributed by atoms with Crippen molar-refractivity contribution in [1.82, 2.24) is 0 Å². The molecule has 1 N–H and O–H groups in total. The number of hydrogen-bond acceptors (Lipinski definition) is 2. The molecule has 0 heterocycles. The molecule has 2 aromatic rings. The number of ether oxygens (including phenoxy) is 1. The number of methoxy groups -OCH3 is 1. The molecule has 1 aliphatic carbocycles. The first kappa shape index (κ1) is 27.2. The first-order chi connectivity index (χ1) is 16.3. The molecule has 1 aliphatic rings.